The summed E-state index contributed by atoms with van der Waals surface area (Å²) in [5.74, 6) is -0.439. The molecule has 1 saturated carbocycles. The van der Waals surface area contributed by atoms with Gasteiger partial charge in [-0.1, -0.05) is 23.7 Å². The predicted molar refractivity (Wildman–Crippen MR) is 73.9 cm³/mol. The van der Waals surface area contributed by atoms with E-state index in [1.54, 1.807) is 12.1 Å². The van der Waals surface area contributed by atoms with Crippen LogP contribution in [0.15, 0.2) is 18.2 Å². The highest BCUT2D eigenvalue weighted by Gasteiger charge is 2.49. The molecule has 3 rings (SSSR count). The van der Waals surface area contributed by atoms with Crippen molar-refractivity contribution in [3.05, 3.63) is 34.6 Å². The predicted octanol–water partition coefficient (Wildman–Crippen LogP) is 1.10. The topological polar surface area (TPSA) is 64.5 Å². The highest BCUT2D eigenvalue weighted by atomic mass is 35.5. The molecule has 0 spiro atoms. The lowest BCUT2D eigenvalue weighted by atomic mass is 10.0. The summed E-state index contributed by atoms with van der Waals surface area (Å²) in [5, 5.41) is 26.2. The van der Waals surface area contributed by atoms with E-state index in [0.29, 0.717) is 18.5 Å². The molecular weight excluding hydrogens is 283 g/mol. The zero-order valence-electron chi connectivity index (χ0n) is 10.9. The lowest BCUT2D eigenvalue weighted by Gasteiger charge is -2.28. The summed E-state index contributed by atoms with van der Waals surface area (Å²) in [4.78, 5) is 0. The molecule has 0 amide bonds. The van der Waals surface area contributed by atoms with Crippen molar-refractivity contribution in [2.45, 2.75) is 43.2 Å². The minimum Gasteiger partial charge on any atom is -0.391 e. The molecule has 0 aromatic heterocycles. The van der Waals surface area contributed by atoms with Crippen LogP contribution in [-0.4, -0.2) is 35.1 Å². The van der Waals surface area contributed by atoms with Crippen molar-refractivity contribution in [2.24, 2.45) is 0 Å². The fraction of sp³-hybridized carbons (Fsp3) is 0.571. The Hall–Kier alpha value is -0.720. The summed E-state index contributed by atoms with van der Waals surface area (Å²) in [6.45, 7) is 0.670. The lowest BCUT2D eigenvalue weighted by molar-refractivity contribution is 0.0310. The van der Waals surface area contributed by atoms with E-state index in [1.165, 1.54) is 6.07 Å². The first-order valence-corrected chi connectivity index (χ1v) is 7.23. The van der Waals surface area contributed by atoms with E-state index in [1.807, 2.05) is 0 Å². The Kier molecular flexibility index (Phi) is 3.73. The van der Waals surface area contributed by atoms with Crippen LogP contribution in [0.4, 0.5) is 4.39 Å². The van der Waals surface area contributed by atoms with Crippen LogP contribution in [0.1, 0.15) is 24.8 Å². The van der Waals surface area contributed by atoms with E-state index in [2.05, 4.69) is 10.6 Å². The van der Waals surface area contributed by atoms with Gasteiger partial charge in [0.05, 0.1) is 17.2 Å². The van der Waals surface area contributed by atoms with Crippen LogP contribution < -0.4 is 10.6 Å². The van der Waals surface area contributed by atoms with E-state index in [-0.39, 0.29) is 5.02 Å². The number of halogens is 2. The summed E-state index contributed by atoms with van der Waals surface area (Å²) in [7, 11) is 0. The van der Waals surface area contributed by atoms with Crippen LogP contribution in [0.5, 0.6) is 0 Å². The Morgan fingerprint density at radius 3 is 2.80 bits per heavy atom. The molecule has 1 aliphatic heterocycles. The number of aliphatic hydroxyl groups is 2. The molecule has 1 aromatic carbocycles. The Morgan fingerprint density at radius 2 is 2.20 bits per heavy atom. The van der Waals surface area contributed by atoms with Gasteiger partial charge in [0.2, 0.25) is 0 Å². The molecule has 4 nitrogen and oxygen atoms in total. The summed E-state index contributed by atoms with van der Waals surface area (Å²) in [5.41, 5.74) is -0.0881. The molecule has 1 saturated heterocycles. The van der Waals surface area contributed by atoms with Gasteiger partial charge >= 0.3 is 0 Å². The zero-order valence-corrected chi connectivity index (χ0v) is 11.7. The molecule has 1 aliphatic carbocycles. The molecule has 20 heavy (non-hydrogen) atoms. The molecule has 3 atom stereocenters. The standard InChI is InChI=1S/C14H18ClFN2O2/c15-9-3-1-2-8(11(9)16)14(5-6-14)18-13(20)12-10(19)4-7-17-12/h1-3,10,12-13,17-20H,4-7H2. The first kappa shape index (κ1) is 14.2. The third kappa shape index (κ3) is 2.44. The average molecular weight is 301 g/mol. The number of rotatable bonds is 4. The molecule has 6 heteroatoms. The van der Waals surface area contributed by atoms with Crippen molar-refractivity contribution in [3.63, 3.8) is 0 Å². The smallest absolute Gasteiger partial charge is 0.146 e. The summed E-state index contributed by atoms with van der Waals surface area (Å²) >= 11 is 5.82. The van der Waals surface area contributed by atoms with Crippen LogP contribution in [-0.2, 0) is 5.54 Å². The zero-order chi connectivity index (χ0) is 14.3. The SMILES string of the molecule is OC1CCNC1C(O)NC1(c2cccc(Cl)c2F)CC1. The van der Waals surface area contributed by atoms with Crippen molar-refractivity contribution >= 4 is 11.6 Å². The Balaban J connectivity index is 1.78. The van der Waals surface area contributed by atoms with E-state index < -0.39 is 29.7 Å². The number of benzene rings is 1. The van der Waals surface area contributed by atoms with Crippen molar-refractivity contribution in [1.82, 2.24) is 10.6 Å². The van der Waals surface area contributed by atoms with Crippen molar-refractivity contribution in [2.75, 3.05) is 6.54 Å². The van der Waals surface area contributed by atoms with Crippen LogP contribution >= 0.6 is 11.6 Å². The maximum atomic E-state index is 14.1. The Morgan fingerprint density at radius 1 is 1.45 bits per heavy atom. The number of hydrogen-bond acceptors (Lipinski definition) is 4. The minimum atomic E-state index is -0.923. The van der Waals surface area contributed by atoms with Crippen molar-refractivity contribution in [1.29, 1.82) is 0 Å². The van der Waals surface area contributed by atoms with E-state index in [4.69, 9.17) is 11.6 Å². The van der Waals surface area contributed by atoms with Crippen LogP contribution in [0.25, 0.3) is 0 Å². The molecule has 4 N–H and O–H groups in total. The van der Waals surface area contributed by atoms with Gasteiger partial charge in [0.15, 0.2) is 0 Å². The van der Waals surface area contributed by atoms with E-state index >= 15 is 0 Å². The normalized spacial score (nSPS) is 29.4. The molecule has 110 valence electrons. The van der Waals surface area contributed by atoms with Crippen molar-refractivity contribution in [3.8, 4) is 0 Å². The lowest BCUT2D eigenvalue weighted by Crippen LogP contribution is -2.53. The number of nitrogens with one attached hydrogen (secondary N) is 2. The maximum Gasteiger partial charge on any atom is 0.146 e. The van der Waals surface area contributed by atoms with E-state index in [0.717, 1.165) is 12.8 Å². The molecule has 2 aliphatic rings. The second-order valence-electron chi connectivity index (χ2n) is 5.61. The summed E-state index contributed by atoms with van der Waals surface area (Å²) in [6, 6.07) is 4.48. The summed E-state index contributed by atoms with van der Waals surface area (Å²) in [6.07, 6.45) is 0.585. The average Bonchev–Trinajstić information content (AvgIpc) is 3.05. The van der Waals surface area contributed by atoms with Crippen LogP contribution in [0.2, 0.25) is 5.02 Å². The van der Waals surface area contributed by atoms with Gasteiger partial charge in [-0.25, -0.2) is 4.39 Å². The molecular formula is C14H18ClFN2O2. The Bertz CT molecular complexity index is 510. The van der Waals surface area contributed by atoms with Crippen LogP contribution in [0.3, 0.4) is 0 Å². The van der Waals surface area contributed by atoms with Gasteiger partial charge in [0.1, 0.15) is 12.0 Å². The third-order valence-corrected chi connectivity index (χ3v) is 4.51. The van der Waals surface area contributed by atoms with Gasteiger partial charge < -0.3 is 15.5 Å². The molecule has 0 radical (unpaired) electrons. The second kappa shape index (κ2) is 5.24. The molecule has 1 heterocycles. The molecule has 0 bridgehead atoms. The van der Waals surface area contributed by atoms with Gasteiger partial charge in [-0.05, 0) is 31.9 Å². The number of hydrogen-bond donors (Lipinski definition) is 4. The molecule has 2 fully saturated rings. The highest BCUT2D eigenvalue weighted by Crippen LogP contribution is 2.47. The number of aliphatic hydroxyl groups excluding tert-OH is 2. The molecule has 3 unspecified atom stereocenters. The van der Waals surface area contributed by atoms with Gasteiger partial charge in [0.25, 0.3) is 0 Å². The Labute approximate surface area is 121 Å². The molecule has 1 aromatic rings. The fourth-order valence-electron chi connectivity index (χ4n) is 2.90. The largest absolute Gasteiger partial charge is 0.391 e. The third-order valence-electron chi connectivity index (χ3n) is 4.22. The minimum absolute atomic E-state index is 0.0871. The maximum absolute atomic E-state index is 14.1. The van der Waals surface area contributed by atoms with Crippen molar-refractivity contribution < 1.29 is 14.6 Å². The summed E-state index contributed by atoms with van der Waals surface area (Å²) < 4.78 is 14.1. The first-order chi connectivity index (χ1) is 9.53. The fourth-order valence-corrected chi connectivity index (χ4v) is 3.07. The second-order valence-corrected chi connectivity index (χ2v) is 6.02. The monoisotopic (exact) mass is 300 g/mol. The highest BCUT2D eigenvalue weighted by molar-refractivity contribution is 6.30. The van der Waals surface area contributed by atoms with Gasteiger partial charge in [-0.3, -0.25) is 5.32 Å². The quantitative estimate of drug-likeness (QED) is 0.629. The first-order valence-electron chi connectivity index (χ1n) is 6.85. The van der Waals surface area contributed by atoms with Gasteiger partial charge in [0, 0.05) is 11.1 Å². The van der Waals surface area contributed by atoms with Crippen LogP contribution in [0, 0.1) is 5.82 Å². The van der Waals surface area contributed by atoms with Gasteiger partial charge in [-0.2, -0.15) is 0 Å². The van der Waals surface area contributed by atoms with Gasteiger partial charge in [-0.15, -0.1) is 0 Å². The van der Waals surface area contributed by atoms with E-state index in [9.17, 15) is 14.6 Å².